The highest BCUT2D eigenvalue weighted by Gasteiger charge is 2.17. The van der Waals surface area contributed by atoms with Gasteiger partial charge in [0.1, 0.15) is 0 Å². The Bertz CT molecular complexity index is 363. The van der Waals surface area contributed by atoms with Crippen molar-refractivity contribution in [3.63, 3.8) is 0 Å². The topological polar surface area (TPSA) is 12.0 Å². The molecule has 2 heteroatoms. The first-order valence-corrected chi connectivity index (χ1v) is 8.20. The summed E-state index contributed by atoms with van der Waals surface area (Å²) in [6.07, 6.45) is 2.49. The van der Waals surface area contributed by atoms with E-state index in [0.29, 0.717) is 12.1 Å². The van der Waals surface area contributed by atoms with Crippen LogP contribution in [-0.4, -0.2) is 6.04 Å². The number of benzene rings is 1. The van der Waals surface area contributed by atoms with Gasteiger partial charge < -0.3 is 5.32 Å². The van der Waals surface area contributed by atoms with Crippen molar-refractivity contribution in [2.75, 3.05) is 0 Å². The van der Waals surface area contributed by atoms with E-state index in [0.717, 1.165) is 11.8 Å². The molecule has 0 aliphatic heterocycles. The van der Waals surface area contributed by atoms with Gasteiger partial charge in [0.05, 0.1) is 0 Å². The molecule has 0 saturated heterocycles. The molecular formula is C17H28BrN. The average molecular weight is 326 g/mol. The Morgan fingerprint density at radius 2 is 1.47 bits per heavy atom. The Morgan fingerprint density at radius 3 is 1.95 bits per heavy atom. The van der Waals surface area contributed by atoms with Gasteiger partial charge in [-0.2, -0.15) is 0 Å². The maximum Gasteiger partial charge on any atom is 0.0305 e. The summed E-state index contributed by atoms with van der Waals surface area (Å²) in [4.78, 5) is 0. The predicted molar refractivity (Wildman–Crippen MR) is 88.4 cm³/mol. The van der Waals surface area contributed by atoms with Crippen LogP contribution in [-0.2, 0) is 0 Å². The molecule has 1 aromatic carbocycles. The van der Waals surface area contributed by atoms with Crippen molar-refractivity contribution in [2.24, 2.45) is 11.8 Å². The molecule has 0 unspecified atom stereocenters. The van der Waals surface area contributed by atoms with Crippen molar-refractivity contribution in [3.05, 3.63) is 34.3 Å². The highest BCUT2D eigenvalue weighted by molar-refractivity contribution is 9.10. The first-order chi connectivity index (χ1) is 8.90. The summed E-state index contributed by atoms with van der Waals surface area (Å²) >= 11 is 3.65. The third-order valence-electron chi connectivity index (χ3n) is 3.37. The Kier molecular flexibility index (Phi) is 7.09. The molecule has 0 bridgehead atoms. The molecule has 0 aliphatic rings. The largest absolute Gasteiger partial charge is 0.307 e. The second-order valence-electron chi connectivity index (χ2n) is 6.37. The van der Waals surface area contributed by atoms with Crippen molar-refractivity contribution in [2.45, 2.75) is 59.5 Å². The van der Waals surface area contributed by atoms with E-state index in [2.05, 4.69) is 80.1 Å². The molecule has 0 amide bonds. The summed E-state index contributed by atoms with van der Waals surface area (Å²) in [5, 5.41) is 3.81. The zero-order valence-corrected chi connectivity index (χ0v) is 14.5. The van der Waals surface area contributed by atoms with Crippen molar-refractivity contribution in [3.8, 4) is 0 Å². The van der Waals surface area contributed by atoms with Crippen molar-refractivity contribution < 1.29 is 0 Å². The number of rotatable bonds is 7. The van der Waals surface area contributed by atoms with Crippen LogP contribution in [0, 0.1) is 11.8 Å². The van der Waals surface area contributed by atoms with Crippen LogP contribution in [0.3, 0.4) is 0 Å². The fraction of sp³-hybridized carbons (Fsp3) is 0.647. The molecule has 0 radical (unpaired) electrons. The quantitative estimate of drug-likeness (QED) is 0.691. The maximum atomic E-state index is 3.81. The van der Waals surface area contributed by atoms with E-state index in [4.69, 9.17) is 0 Å². The molecule has 1 aromatic rings. The lowest BCUT2D eigenvalue weighted by atomic mass is 9.94. The SMILES string of the molecule is CC(C)CC(CC(C)C)N[C@H](C)c1ccccc1Br. The molecule has 0 saturated carbocycles. The van der Waals surface area contributed by atoms with Crippen LogP contribution in [0.1, 0.15) is 59.1 Å². The monoisotopic (exact) mass is 325 g/mol. The fourth-order valence-corrected chi connectivity index (χ4v) is 3.27. The zero-order chi connectivity index (χ0) is 14.4. The minimum Gasteiger partial charge on any atom is -0.307 e. The lowest BCUT2D eigenvalue weighted by molar-refractivity contribution is 0.335. The van der Waals surface area contributed by atoms with E-state index >= 15 is 0 Å². The number of nitrogens with one attached hydrogen (secondary N) is 1. The summed E-state index contributed by atoms with van der Waals surface area (Å²) in [6.45, 7) is 11.5. The van der Waals surface area contributed by atoms with E-state index in [-0.39, 0.29) is 0 Å². The third-order valence-corrected chi connectivity index (χ3v) is 4.09. The summed E-state index contributed by atoms with van der Waals surface area (Å²) in [5.41, 5.74) is 1.35. The van der Waals surface area contributed by atoms with Gasteiger partial charge in [-0.25, -0.2) is 0 Å². The Hall–Kier alpha value is -0.340. The van der Waals surface area contributed by atoms with E-state index in [1.54, 1.807) is 0 Å². The molecule has 1 N–H and O–H groups in total. The highest BCUT2D eigenvalue weighted by atomic mass is 79.9. The number of halogens is 1. The van der Waals surface area contributed by atoms with E-state index in [1.165, 1.54) is 22.9 Å². The van der Waals surface area contributed by atoms with Gasteiger partial charge in [-0.15, -0.1) is 0 Å². The second kappa shape index (κ2) is 8.06. The maximum absolute atomic E-state index is 3.81. The first-order valence-electron chi connectivity index (χ1n) is 7.40. The van der Waals surface area contributed by atoms with Crippen LogP contribution in [0.5, 0.6) is 0 Å². The highest BCUT2D eigenvalue weighted by Crippen LogP contribution is 2.25. The van der Waals surface area contributed by atoms with E-state index in [9.17, 15) is 0 Å². The fourth-order valence-electron chi connectivity index (χ4n) is 2.64. The predicted octanol–water partition coefficient (Wildman–Crippen LogP) is 5.56. The average Bonchev–Trinajstić information content (AvgIpc) is 2.27. The van der Waals surface area contributed by atoms with Gasteiger partial charge in [-0.1, -0.05) is 61.8 Å². The van der Waals surface area contributed by atoms with Gasteiger partial charge in [-0.05, 0) is 43.2 Å². The van der Waals surface area contributed by atoms with Crippen LogP contribution in [0.2, 0.25) is 0 Å². The lowest BCUT2D eigenvalue weighted by Crippen LogP contribution is -2.34. The second-order valence-corrected chi connectivity index (χ2v) is 7.22. The zero-order valence-electron chi connectivity index (χ0n) is 12.9. The normalized spacial score (nSPS) is 13.5. The Morgan fingerprint density at radius 1 is 0.947 bits per heavy atom. The van der Waals surface area contributed by atoms with Crippen LogP contribution >= 0.6 is 15.9 Å². The van der Waals surface area contributed by atoms with Gasteiger partial charge in [0, 0.05) is 16.6 Å². The summed E-state index contributed by atoms with van der Waals surface area (Å²) in [7, 11) is 0. The van der Waals surface area contributed by atoms with Gasteiger partial charge in [0.25, 0.3) is 0 Å². The molecule has 19 heavy (non-hydrogen) atoms. The first kappa shape index (κ1) is 16.7. The van der Waals surface area contributed by atoms with E-state index < -0.39 is 0 Å². The smallest absolute Gasteiger partial charge is 0.0305 e. The molecular weight excluding hydrogens is 298 g/mol. The molecule has 1 rings (SSSR count). The number of hydrogen-bond acceptors (Lipinski definition) is 1. The molecule has 0 fully saturated rings. The van der Waals surface area contributed by atoms with Crippen molar-refractivity contribution in [1.82, 2.24) is 5.32 Å². The van der Waals surface area contributed by atoms with Crippen LogP contribution in [0.4, 0.5) is 0 Å². The Balaban J connectivity index is 2.70. The lowest BCUT2D eigenvalue weighted by Gasteiger charge is -2.27. The molecule has 1 atom stereocenters. The van der Waals surface area contributed by atoms with Crippen LogP contribution < -0.4 is 5.32 Å². The van der Waals surface area contributed by atoms with E-state index in [1.807, 2.05) is 0 Å². The van der Waals surface area contributed by atoms with Crippen molar-refractivity contribution in [1.29, 1.82) is 0 Å². The van der Waals surface area contributed by atoms with Gasteiger partial charge in [-0.3, -0.25) is 0 Å². The molecule has 0 aliphatic carbocycles. The van der Waals surface area contributed by atoms with Crippen LogP contribution in [0.25, 0.3) is 0 Å². The Labute approximate surface area is 127 Å². The molecule has 1 nitrogen and oxygen atoms in total. The summed E-state index contributed by atoms with van der Waals surface area (Å²) < 4.78 is 1.20. The molecule has 0 spiro atoms. The van der Waals surface area contributed by atoms with Gasteiger partial charge in [0.2, 0.25) is 0 Å². The van der Waals surface area contributed by atoms with Gasteiger partial charge >= 0.3 is 0 Å². The summed E-state index contributed by atoms with van der Waals surface area (Å²) in [6, 6.07) is 9.48. The minimum absolute atomic E-state index is 0.387. The number of hydrogen-bond donors (Lipinski definition) is 1. The third kappa shape index (κ3) is 6.09. The van der Waals surface area contributed by atoms with Crippen molar-refractivity contribution >= 4 is 15.9 Å². The molecule has 0 heterocycles. The minimum atomic E-state index is 0.387. The molecule has 0 aromatic heterocycles. The van der Waals surface area contributed by atoms with Gasteiger partial charge in [0.15, 0.2) is 0 Å². The standard InChI is InChI=1S/C17H28BrN/c1-12(2)10-15(11-13(3)4)19-14(5)16-8-6-7-9-17(16)18/h6-9,12-15,19H,10-11H2,1-5H3/t14-/m1/s1. The van der Waals surface area contributed by atoms with Crippen LogP contribution in [0.15, 0.2) is 28.7 Å². The molecule has 108 valence electrons. The summed E-state index contributed by atoms with van der Waals surface area (Å²) in [5.74, 6) is 1.48.